The van der Waals surface area contributed by atoms with Gasteiger partial charge in [-0.2, -0.15) is 0 Å². The number of halogens is 2. The summed E-state index contributed by atoms with van der Waals surface area (Å²) in [6, 6.07) is 3.51. The number of benzene rings is 1. The van der Waals surface area contributed by atoms with Crippen molar-refractivity contribution in [3.63, 3.8) is 0 Å². The number of nitrogens with zero attached hydrogens (tertiary/aromatic N) is 2. The van der Waals surface area contributed by atoms with Gasteiger partial charge in [-0.1, -0.05) is 0 Å². The Morgan fingerprint density at radius 3 is 2.65 bits per heavy atom. The summed E-state index contributed by atoms with van der Waals surface area (Å²) in [5.74, 6) is -0.539. The fraction of sp³-hybridized carbons (Fsp3) is 0.333. The van der Waals surface area contributed by atoms with E-state index >= 15 is 0 Å². The highest BCUT2D eigenvalue weighted by Crippen LogP contribution is 2.17. The molecular formula is C15H15F2N3. The first-order valence-corrected chi connectivity index (χ1v) is 6.63. The molecule has 2 heterocycles. The molecule has 0 fully saturated rings. The number of nitrogens with one attached hydrogen (secondary N) is 1. The average Bonchev–Trinajstić information content (AvgIpc) is 2.37. The minimum absolute atomic E-state index is 0.336. The molecule has 0 saturated carbocycles. The molecule has 0 aliphatic carbocycles. The Hall–Kier alpha value is -1.88. The van der Waals surface area contributed by atoms with Crippen LogP contribution in [-0.4, -0.2) is 16.5 Å². The molecule has 3 nitrogen and oxygen atoms in total. The first-order chi connectivity index (χ1) is 9.61. The molecule has 0 spiro atoms. The van der Waals surface area contributed by atoms with E-state index in [-0.39, 0.29) is 0 Å². The molecule has 3 rings (SSSR count). The van der Waals surface area contributed by atoms with Crippen molar-refractivity contribution < 1.29 is 8.78 Å². The molecule has 5 heteroatoms. The van der Waals surface area contributed by atoms with Gasteiger partial charge in [0.25, 0.3) is 0 Å². The van der Waals surface area contributed by atoms with E-state index in [0.717, 1.165) is 37.0 Å². The van der Waals surface area contributed by atoms with Gasteiger partial charge in [0.2, 0.25) is 0 Å². The Morgan fingerprint density at radius 2 is 1.90 bits per heavy atom. The van der Waals surface area contributed by atoms with Gasteiger partial charge in [0, 0.05) is 24.7 Å². The van der Waals surface area contributed by atoms with E-state index in [1.165, 1.54) is 17.7 Å². The monoisotopic (exact) mass is 275 g/mol. The van der Waals surface area contributed by atoms with Gasteiger partial charge in [0.15, 0.2) is 0 Å². The lowest BCUT2D eigenvalue weighted by Gasteiger charge is -2.18. The van der Waals surface area contributed by atoms with Crippen LogP contribution in [-0.2, 0) is 19.4 Å². The minimum Gasteiger partial charge on any atom is -0.311 e. The van der Waals surface area contributed by atoms with Crippen molar-refractivity contribution in [1.82, 2.24) is 15.3 Å². The van der Waals surface area contributed by atoms with Crippen LogP contribution in [0.2, 0.25) is 0 Å². The summed E-state index contributed by atoms with van der Waals surface area (Å²) in [5.41, 5.74) is 3.70. The van der Waals surface area contributed by atoms with Crippen molar-refractivity contribution in [3.05, 3.63) is 58.2 Å². The van der Waals surface area contributed by atoms with Gasteiger partial charge >= 0.3 is 0 Å². The Bertz CT molecular complexity index is 636. The fourth-order valence-corrected chi connectivity index (χ4v) is 2.58. The van der Waals surface area contributed by atoms with E-state index in [2.05, 4.69) is 15.3 Å². The molecule has 0 radical (unpaired) electrons. The normalized spacial score (nSPS) is 14.2. The standard InChI is InChI=1S/C15H15F2N3/c1-9-13-2-3-18-8-14(13)20-15(19-9)6-10-4-11(16)7-12(17)5-10/h4-5,7,18H,2-3,6,8H2,1H3. The topological polar surface area (TPSA) is 37.8 Å². The summed E-state index contributed by atoms with van der Waals surface area (Å²) in [6.45, 7) is 3.62. The SMILES string of the molecule is Cc1nc(Cc2cc(F)cc(F)c2)nc2c1CCNC2. The van der Waals surface area contributed by atoms with Crippen LogP contribution >= 0.6 is 0 Å². The zero-order valence-corrected chi connectivity index (χ0v) is 11.2. The van der Waals surface area contributed by atoms with Crippen LogP contribution in [0, 0.1) is 18.6 Å². The van der Waals surface area contributed by atoms with E-state index in [4.69, 9.17) is 0 Å². The van der Waals surface area contributed by atoms with Crippen LogP contribution in [0.15, 0.2) is 18.2 Å². The second-order valence-corrected chi connectivity index (χ2v) is 5.03. The molecule has 1 N–H and O–H groups in total. The number of hydrogen-bond acceptors (Lipinski definition) is 3. The summed E-state index contributed by atoms with van der Waals surface area (Å²) in [7, 11) is 0. The lowest BCUT2D eigenvalue weighted by atomic mass is 10.0. The van der Waals surface area contributed by atoms with Crippen molar-refractivity contribution in [2.75, 3.05) is 6.54 Å². The van der Waals surface area contributed by atoms with Crippen molar-refractivity contribution >= 4 is 0 Å². The van der Waals surface area contributed by atoms with Crippen molar-refractivity contribution in [1.29, 1.82) is 0 Å². The van der Waals surface area contributed by atoms with E-state index in [9.17, 15) is 8.78 Å². The maximum atomic E-state index is 13.2. The molecule has 1 aliphatic rings. The summed E-state index contributed by atoms with van der Waals surface area (Å²) in [6.07, 6.45) is 1.26. The number of hydrogen-bond donors (Lipinski definition) is 1. The van der Waals surface area contributed by atoms with Gasteiger partial charge < -0.3 is 5.32 Å². The highest BCUT2D eigenvalue weighted by molar-refractivity contribution is 5.29. The van der Waals surface area contributed by atoms with Crippen molar-refractivity contribution in [3.8, 4) is 0 Å². The van der Waals surface area contributed by atoms with Crippen LogP contribution in [0.3, 0.4) is 0 Å². The van der Waals surface area contributed by atoms with Crippen LogP contribution in [0.1, 0.15) is 28.3 Å². The molecule has 20 heavy (non-hydrogen) atoms. The third-order valence-electron chi connectivity index (χ3n) is 3.47. The molecule has 0 atom stereocenters. The lowest BCUT2D eigenvalue weighted by molar-refractivity contribution is 0.579. The van der Waals surface area contributed by atoms with Crippen LogP contribution in [0.25, 0.3) is 0 Å². The predicted octanol–water partition coefficient (Wildman–Crippen LogP) is 2.30. The maximum Gasteiger partial charge on any atom is 0.133 e. The highest BCUT2D eigenvalue weighted by Gasteiger charge is 2.15. The number of aromatic nitrogens is 2. The second kappa shape index (κ2) is 5.25. The summed E-state index contributed by atoms with van der Waals surface area (Å²) in [4.78, 5) is 8.97. The third-order valence-corrected chi connectivity index (χ3v) is 3.47. The largest absolute Gasteiger partial charge is 0.311 e. The summed E-state index contributed by atoms with van der Waals surface area (Å²) >= 11 is 0. The van der Waals surface area contributed by atoms with Crippen molar-refractivity contribution in [2.45, 2.75) is 26.3 Å². The quantitative estimate of drug-likeness (QED) is 0.914. The van der Waals surface area contributed by atoms with E-state index < -0.39 is 11.6 Å². The van der Waals surface area contributed by atoms with E-state index in [1.807, 2.05) is 6.92 Å². The third kappa shape index (κ3) is 2.67. The fourth-order valence-electron chi connectivity index (χ4n) is 2.58. The Morgan fingerprint density at radius 1 is 1.15 bits per heavy atom. The molecule has 104 valence electrons. The molecule has 1 aromatic carbocycles. The summed E-state index contributed by atoms with van der Waals surface area (Å²) < 4.78 is 26.4. The van der Waals surface area contributed by atoms with Gasteiger partial charge in [-0.3, -0.25) is 0 Å². The van der Waals surface area contributed by atoms with E-state index in [0.29, 0.717) is 17.8 Å². The van der Waals surface area contributed by atoms with Gasteiger partial charge in [-0.25, -0.2) is 18.7 Å². The van der Waals surface area contributed by atoms with E-state index in [1.54, 1.807) is 0 Å². The maximum absolute atomic E-state index is 13.2. The minimum atomic E-state index is -0.573. The summed E-state index contributed by atoms with van der Waals surface area (Å²) in [5, 5.41) is 3.27. The Kier molecular flexibility index (Phi) is 3.44. The Labute approximate surface area is 116 Å². The molecule has 0 bridgehead atoms. The molecular weight excluding hydrogens is 260 g/mol. The predicted molar refractivity (Wildman–Crippen MR) is 71.3 cm³/mol. The first kappa shape index (κ1) is 13.1. The molecule has 2 aromatic rings. The zero-order chi connectivity index (χ0) is 14.1. The lowest BCUT2D eigenvalue weighted by Crippen LogP contribution is -2.26. The van der Waals surface area contributed by atoms with Crippen LogP contribution in [0.4, 0.5) is 8.78 Å². The number of fused-ring (bicyclic) bond motifs is 1. The molecule has 0 saturated heterocycles. The number of aryl methyl sites for hydroxylation is 1. The van der Waals surface area contributed by atoms with Gasteiger partial charge in [0.1, 0.15) is 17.5 Å². The molecule has 0 unspecified atom stereocenters. The van der Waals surface area contributed by atoms with Gasteiger partial charge in [0.05, 0.1) is 5.69 Å². The van der Waals surface area contributed by atoms with Crippen molar-refractivity contribution in [2.24, 2.45) is 0 Å². The smallest absolute Gasteiger partial charge is 0.133 e. The molecule has 0 amide bonds. The van der Waals surface area contributed by atoms with Gasteiger partial charge in [-0.15, -0.1) is 0 Å². The second-order valence-electron chi connectivity index (χ2n) is 5.03. The van der Waals surface area contributed by atoms with Gasteiger partial charge in [-0.05, 0) is 43.1 Å². The molecule has 1 aliphatic heterocycles. The number of rotatable bonds is 2. The van der Waals surface area contributed by atoms with Crippen LogP contribution in [0.5, 0.6) is 0 Å². The molecule has 1 aromatic heterocycles. The first-order valence-electron chi connectivity index (χ1n) is 6.63. The van der Waals surface area contributed by atoms with Crippen LogP contribution < -0.4 is 5.32 Å². The average molecular weight is 275 g/mol. The highest BCUT2D eigenvalue weighted by atomic mass is 19.1. The zero-order valence-electron chi connectivity index (χ0n) is 11.2. The Balaban J connectivity index is 1.92.